The third-order valence-corrected chi connectivity index (χ3v) is 7.32. The highest BCUT2D eigenvalue weighted by atomic mass is 35.5. The summed E-state index contributed by atoms with van der Waals surface area (Å²) in [5.74, 6) is -0.540. The molecule has 3 aliphatic heterocycles. The molecule has 0 saturated carbocycles. The number of carbonyl (C=O) groups is 3. The number of nitrogens with zero attached hydrogens (tertiary/aromatic N) is 5. The zero-order valence-electron chi connectivity index (χ0n) is 23.4. The number of anilines is 1. The van der Waals surface area contributed by atoms with E-state index < -0.39 is 17.2 Å². The third kappa shape index (κ3) is 5.44. The van der Waals surface area contributed by atoms with Crippen molar-refractivity contribution in [3.05, 3.63) is 40.9 Å². The second kappa shape index (κ2) is 9.73. The van der Waals surface area contributed by atoms with Crippen LogP contribution in [-0.2, 0) is 16.0 Å². The van der Waals surface area contributed by atoms with Crippen molar-refractivity contribution in [2.75, 3.05) is 18.0 Å². The fourth-order valence-corrected chi connectivity index (χ4v) is 5.76. The lowest BCUT2D eigenvalue weighted by Crippen LogP contribution is -2.65. The van der Waals surface area contributed by atoms with Crippen LogP contribution >= 0.6 is 11.6 Å². The number of piperazine rings is 1. The number of carbonyl (C=O) groups excluding carboxylic acids is 3. The Hall–Kier alpha value is -3.27. The van der Waals surface area contributed by atoms with Gasteiger partial charge in [0.25, 0.3) is 0 Å². The Bertz CT molecular complexity index is 1300. The van der Waals surface area contributed by atoms with E-state index in [9.17, 15) is 14.4 Å². The molecule has 210 valence electrons. The lowest BCUT2D eigenvalue weighted by atomic mass is 9.91. The van der Waals surface area contributed by atoms with E-state index in [0.29, 0.717) is 35.2 Å². The van der Waals surface area contributed by atoms with Crippen molar-refractivity contribution in [1.29, 1.82) is 0 Å². The molecular weight excluding hydrogens is 522 g/mol. The molecule has 0 spiro atoms. The molecular formula is C28H36ClN5O5. The number of aromatic nitrogens is 2. The van der Waals surface area contributed by atoms with Gasteiger partial charge in [-0.1, -0.05) is 11.6 Å². The van der Waals surface area contributed by atoms with Gasteiger partial charge in [0, 0.05) is 18.1 Å². The van der Waals surface area contributed by atoms with E-state index in [1.54, 1.807) is 49.0 Å². The maximum atomic E-state index is 14.1. The van der Waals surface area contributed by atoms with Crippen molar-refractivity contribution in [1.82, 2.24) is 19.4 Å². The first-order valence-electron chi connectivity index (χ1n) is 13.4. The van der Waals surface area contributed by atoms with Gasteiger partial charge in [-0.25, -0.2) is 19.4 Å². The fourth-order valence-electron chi connectivity index (χ4n) is 5.60. The number of piperidine rings is 1. The molecule has 5 rings (SSSR count). The average molecular weight is 558 g/mol. The van der Waals surface area contributed by atoms with Crippen LogP contribution in [0.3, 0.4) is 0 Å². The molecule has 0 aliphatic carbocycles. The van der Waals surface area contributed by atoms with Crippen LogP contribution in [0.5, 0.6) is 0 Å². The van der Waals surface area contributed by atoms with E-state index in [1.165, 1.54) is 0 Å². The van der Waals surface area contributed by atoms with Gasteiger partial charge in [0.05, 0.1) is 35.7 Å². The molecule has 10 nitrogen and oxygen atoms in total. The Balaban J connectivity index is 1.44. The number of benzene rings is 1. The first kappa shape index (κ1) is 27.3. The van der Waals surface area contributed by atoms with E-state index in [-0.39, 0.29) is 36.4 Å². The molecule has 1 aromatic carbocycles. The predicted octanol–water partition coefficient (Wildman–Crippen LogP) is 5.39. The third-order valence-electron chi connectivity index (χ3n) is 7.08. The molecule has 39 heavy (non-hydrogen) atoms. The van der Waals surface area contributed by atoms with Gasteiger partial charge in [-0.3, -0.25) is 14.4 Å². The Morgan fingerprint density at radius 2 is 1.59 bits per heavy atom. The topological polar surface area (TPSA) is 97.2 Å². The normalized spacial score (nSPS) is 20.7. The van der Waals surface area contributed by atoms with Gasteiger partial charge in [0.1, 0.15) is 17.5 Å². The number of rotatable bonds is 1. The largest absolute Gasteiger partial charge is 0.455 e. The zero-order valence-corrected chi connectivity index (χ0v) is 24.1. The standard InChI is InChI=1S/C28H36ClN5O5/c1-27(2,3)38-24(35)23-22-15-32(21-12-17(29)10-11-20(21)33(22)16-30-23)25(36)31-13-18-8-7-9-19(14-31)34(18)26(37)39-28(4,5)6/h10-12,16,18-19H,7-9,13-15H2,1-6H3/t18-,19+. The summed E-state index contributed by atoms with van der Waals surface area (Å²) >= 11 is 6.36. The number of ether oxygens (including phenoxy) is 2. The quantitative estimate of drug-likeness (QED) is 0.436. The highest BCUT2D eigenvalue weighted by Gasteiger charge is 2.45. The summed E-state index contributed by atoms with van der Waals surface area (Å²) in [6.07, 6.45) is 3.85. The van der Waals surface area contributed by atoms with Crippen molar-refractivity contribution in [3.63, 3.8) is 0 Å². The van der Waals surface area contributed by atoms with Crippen molar-refractivity contribution >= 4 is 35.4 Å². The highest BCUT2D eigenvalue weighted by Crippen LogP contribution is 2.38. The Kier molecular flexibility index (Phi) is 6.81. The lowest BCUT2D eigenvalue weighted by Gasteiger charge is -2.50. The summed E-state index contributed by atoms with van der Waals surface area (Å²) in [5.41, 5.74) is 0.797. The molecule has 0 N–H and O–H groups in total. The number of imidazole rings is 1. The Morgan fingerprint density at radius 3 is 2.21 bits per heavy atom. The number of esters is 1. The number of amides is 3. The van der Waals surface area contributed by atoms with Gasteiger partial charge in [-0.05, 0) is 79.0 Å². The number of hydrogen-bond donors (Lipinski definition) is 0. The average Bonchev–Trinajstić information content (AvgIpc) is 3.24. The monoisotopic (exact) mass is 557 g/mol. The summed E-state index contributed by atoms with van der Waals surface area (Å²) < 4.78 is 13.1. The molecule has 4 heterocycles. The van der Waals surface area contributed by atoms with Crippen molar-refractivity contribution < 1.29 is 23.9 Å². The molecule has 2 aromatic rings. The number of fused-ring (bicyclic) bond motifs is 5. The molecule has 3 amide bonds. The van der Waals surface area contributed by atoms with E-state index in [4.69, 9.17) is 21.1 Å². The number of likely N-dealkylation sites (tertiary alicyclic amines) is 1. The Morgan fingerprint density at radius 1 is 0.949 bits per heavy atom. The summed E-state index contributed by atoms with van der Waals surface area (Å²) in [5, 5.41) is 0.495. The van der Waals surface area contributed by atoms with E-state index >= 15 is 0 Å². The molecule has 2 saturated heterocycles. The minimum atomic E-state index is -0.686. The van der Waals surface area contributed by atoms with Crippen molar-refractivity contribution in [2.24, 2.45) is 0 Å². The van der Waals surface area contributed by atoms with Gasteiger partial charge in [-0.15, -0.1) is 0 Å². The number of halogens is 1. The van der Waals surface area contributed by atoms with Crippen LogP contribution in [0, 0.1) is 0 Å². The number of urea groups is 1. The summed E-state index contributed by atoms with van der Waals surface area (Å²) in [7, 11) is 0. The second-order valence-corrected chi connectivity index (χ2v) is 12.9. The second-order valence-electron chi connectivity index (χ2n) is 12.4. The zero-order chi connectivity index (χ0) is 28.3. The van der Waals surface area contributed by atoms with Crippen LogP contribution in [0.1, 0.15) is 77.0 Å². The van der Waals surface area contributed by atoms with Crippen LogP contribution in [0.25, 0.3) is 5.69 Å². The number of hydrogen-bond acceptors (Lipinski definition) is 6. The first-order valence-corrected chi connectivity index (χ1v) is 13.8. The van der Waals surface area contributed by atoms with Gasteiger partial charge in [-0.2, -0.15) is 0 Å². The van der Waals surface area contributed by atoms with Crippen LogP contribution in [0.4, 0.5) is 15.3 Å². The van der Waals surface area contributed by atoms with Gasteiger partial charge in [0.2, 0.25) is 0 Å². The predicted molar refractivity (Wildman–Crippen MR) is 146 cm³/mol. The minimum Gasteiger partial charge on any atom is -0.455 e. The van der Waals surface area contributed by atoms with Crippen molar-refractivity contribution in [2.45, 2.75) is 90.6 Å². The van der Waals surface area contributed by atoms with Gasteiger partial charge in [0.15, 0.2) is 5.69 Å². The maximum absolute atomic E-state index is 14.1. The maximum Gasteiger partial charge on any atom is 0.410 e. The summed E-state index contributed by atoms with van der Waals surface area (Å²) in [6, 6.07) is 4.86. The molecule has 1 aromatic heterocycles. The van der Waals surface area contributed by atoms with Crippen LogP contribution < -0.4 is 4.90 Å². The van der Waals surface area contributed by atoms with Gasteiger partial charge < -0.3 is 14.4 Å². The van der Waals surface area contributed by atoms with E-state index in [1.807, 2.05) is 36.3 Å². The molecule has 2 fully saturated rings. The molecule has 0 radical (unpaired) electrons. The first-order chi connectivity index (χ1) is 18.2. The molecule has 3 aliphatic rings. The summed E-state index contributed by atoms with van der Waals surface area (Å²) in [4.78, 5) is 49.8. The lowest BCUT2D eigenvalue weighted by molar-refractivity contribution is -0.0298. The van der Waals surface area contributed by atoms with Gasteiger partial charge >= 0.3 is 18.1 Å². The molecule has 2 bridgehead atoms. The van der Waals surface area contributed by atoms with E-state index in [0.717, 1.165) is 19.3 Å². The SMILES string of the molecule is CC(C)(C)OC(=O)c1ncn2c1CN(C(=O)N1C[C@H]3CCC[C@@H](C1)N3C(=O)OC(C)(C)C)c1cc(Cl)ccc1-2. The highest BCUT2D eigenvalue weighted by molar-refractivity contribution is 6.31. The molecule has 0 unspecified atom stereocenters. The van der Waals surface area contributed by atoms with E-state index in [2.05, 4.69) is 4.98 Å². The fraction of sp³-hybridized carbons (Fsp3) is 0.571. The van der Waals surface area contributed by atoms with Crippen LogP contribution in [-0.4, -0.2) is 73.8 Å². The smallest absolute Gasteiger partial charge is 0.410 e. The minimum absolute atomic E-state index is 0.122. The molecule has 2 atom stereocenters. The Labute approximate surface area is 233 Å². The molecule has 11 heteroatoms. The summed E-state index contributed by atoms with van der Waals surface area (Å²) in [6.45, 7) is 11.9. The van der Waals surface area contributed by atoms with Crippen LogP contribution in [0.15, 0.2) is 24.5 Å². The van der Waals surface area contributed by atoms with Crippen LogP contribution in [0.2, 0.25) is 5.02 Å². The van der Waals surface area contributed by atoms with Crippen molar-refractivity contribution in [3.8, 4) is 5.69 Å².